The van der Waals surface area contributed by atoms with Crippen molar-refractivity contribution in [3.63, 3.8) is 0 Å². The molecule has 0 amide bonds. The molecule has 0 heterocycles. The van der Waals surface area contributed by atoms with Gasteiger partial charge >= 0.3 is 0 Å². The van der Waals surface area contributed by atoms with Crippen LogP contribution < -0.4 is 5.32 Å². The minimum Gasteiger partial charge on any atom is -0.394 e. The van der Waals surface area contributed by atoms with Crippen molar-refractivity contribution in [2.45, 2.75) is 64.1 Å². The zero-order valence-corrected chi connectivity index (χ0v) is 11.6. The summed E-state index contributed by atoms with van der Waals surface area (Å²) >= 11 is 0. The average molecular weight is 240 g/mol. The molecule has 17 heavy (non-hydrogen) atoms. The Balaban J connectivity index is 2.02. The molecule has 1 unspecified atom stereocenters. The van der Waals surface area contributed by atoms with Crippen LogP contribution in [0.4, 0.5) is 0 Å². The SMILES string of the molecule is CCN(CC(CO)(NC1CC1)C1CC1)C(C)C. The van der Waals surface area contributed by atoms with Crippen molar-refractivity contribution in [3.05, 3.63) is 0 Å². The van der Waals surface area contributed by atoms with E-state index in [2.05, 4.69) is 31.0 Å². The topological polar surface area (TPSA) is 35.5 Å². The van der Waals surface area contributed by atoms with Gasteiger partial charge in [-0.3, -0.25) is 4.90 Å². The highest BCUT2D eigenvalue weighted by molar-refractivity contribution is 5.06. The van der Waals surface area contributed by atoms with E-state index in [1.165, 1.54) is 25.7 Å². The Morgan fingerprint density at radius 2 is 1.94 bits per heavy atom. The molecule has 0 aromatic heterocycles. The maximum Gasteiger partial charge on any atom is 0.0628 e. The number of hydrogen-bond acceptors (Lipinski definition) is 3. The van der Waals surface area contributed by atoms with Crippen molar-refractivity contribution in [2.24, 2.45) is 5.92 Å². The van der Waals surface area contributed by atoms with Crippen molar-refractivity contribution < 1.29 is 5.11 Å². The molecular weight excluding hydrogens is 212 g/mol. The maximum atomic E-state index is 9.90. The van der Waals surface area contributed by atoms with Crippen LogP contribution in [0.15, 0.2) is 0 Å². The number of aliphatic hydroxyl groups excluding tert-OH is 1. The van der Waals surface area contributed by atoms with E-state index < -0.39 is 0 Å². The monoisotopic (exact) mass is 240 g/mol. The van der Waals surface area contributed by atoms with Gasteiger partial charge in [0.1, 0.15) is 0 Å². The molecule has 2 saturated carbocycles. The summed E-state index contributed by atoms with van der Waals surface area (Å²) in [5.41, 5.74) is -0.0263. The molecule has 0 saturated heterocycles. The smallest absolute Gasteiger partial charge is 0.0628 e. The van der Waals surface area contributed by atoms with Gasteiger partial charge in [0, 0.05) is 18.6 Å². The molecule has 0 radical (unpaired) electrons. The number of nitrogens with one attached hydrogen (secondary N) is 1. The molecule has 2 fully saturated rings. The normalized spacial score (nSPS) is 24.4. The van der Waals surface area contributed by atoms with Gasteiger partial charge in [0.15, 0.2) is 0 Å². The lowest BCUT2D eigenvalue weighted by Crippen LogP contribution is -2.59. The first-order valence-electron chi connectivity index (χ1n) is 7.24. The van der Waals surface area contributed by atoms with Crippen LogP contribution in [-0.2, 0) is 0 Å². The summed E-state index contributed by atoms with van der Waals surface area (Å²) in [6, 6.07) is 1.24. The molecule has 2 rings (SSSR count). The summed E-state index contributed by atoms with van der Waals surface area (Å²) in [4.78, 5) is 2.48. The van der Waals surface area contributed by atoms with E-state index in [0.29, 0.717) is 18.0 Å². The Bertz CT molecular complexity index is 249. The summed E-state index contributed by atoms with van der Waals surface area (Å²) in [6.07, 6.45) is 5.16. The number of rotatable bonds is 8. The van der Waals surface area contributed by atoms with E-state index in [4.69, 9.17) is 0 Å². The predicted octanol–water partition coefficient (Wildman–Crippen LogP) is 1.61. The molecule has 3 heteroatoms. The highest BCUT2D eigenvalue weighted by Crippen LogP contribution is 2.42. The van der Waals surface area contributed by atoms with Crippen molar-refractivity contribution >= 4 is 0 Å². The Morgan fingerprint density at radius 1 is 1.29 bits per heavy atom. The molecule has 2 aliphatic carbocycles. The fourth-order valence-corrected chi connectivity index (χ4v) is 2.81. The van der Waals surface area contributed by atoms with E-state index in [1.807, 2.05) is 0 Å². The summed E-state index contributed by atoms with van der Waals surface area (Å²) in [7, 11) is 0. The van der Waals surface area contributed by atoms with Crippen LogP contribution in [0.25, 0.3) is 0 Å². The van der Waals surface area contributed by atoms with E-state index >= 15 is 0 Å². The first kappa shape index (κ1) is 13.3. The highest BCUT2D eigenvalue weighted by atomic mass is 16.3. The molecule has 100 valence electrons. The first-order valence-corrected chi connectivity index (χ1v) is 7.24. The Morgan fingerprint density at radius 3 is 2.29 bits per heavy atom. The second-order valence-electron chi connectivity index (χ2n) is 6.16. The second kappa shape index (κ2) is 5.25. The molecule has 0 aliphatic heterocycles. The summed E-state index contributed by atoms with van der Waals surface area (Å²) in [5.74, 6) is 0.695. The van der Waals surface area contributed by atoms with Gasteiger partial charge in [-0.25, -0.2) is 0 Å². The quantitative estimate of drug-likeness (QED) is 0.676. The van der Waals surface area contributed by atoms with Crippen LogP contribution in [0.2, 0.25) is 0 Å². The van der Waals surface area contributed by atoms with Crippen LogP contribution in [0.1, 0.15) is 46.5 Å². The number of nitrogens with zero attached hydrogens (tertiary/aromatic N) is 1. The fraction of sp³-hybridized carbons (Fsp3) is 1.00. The number of aliphatic hydroxyl groups is 1. The van der Waals surface area contributed by atoms with Crippen LogP contribution in [0.3, 0.4) is 0 Å². The third-order valence-electron chi connectivity index (χ3n) is 4.33. The van der Waals surface area contributed by atoms with Gasteiger partial charge in [-0.05, 0) is 52.0 Å². The third kappa shape index (κ3) is 3.21. The van der Waals surface area contributed by atoms with Gasteiger partial charge in [-0.1, -0.05) is 6.92 Å². The Hall–Kier alpha value is -0.120. The lowest BCUT2D eigenvalue weighted by atomic mass is 9.92. The van der Waals surface area contributed by atoms with E-state index in [0.717, 1.165) is 13.1 Å². The van der Waals surface area contributed by atoms with Gasteiger partial charge in [0.25, 0.3) is 0 Å². The Kier molecular flexibility index (Phi) is 4.11. The largest absolute Gasteiger partial charge is 0.394 e. The molecule has 2 aliphatic rings. The number of likely N-dealkylation sites (N-methyl/N-ethyl adjacent to an activating group) is 1. The van der Waals surface area contributed by atoms with Gasteiger partial charge in [-0.2, -0.15) is 0 Å². The zero-order valence-electron chi connectivity index (χ0n) is 11.6. The van der Waals surface area contributed by atoms with Gasteiger partial charge < -0.3 is 10.4 Å². The van der Waals surface area contributed by atoms with Gasteiger partial charge in [-0.15, -0.1) is 0 Å². The standard InChI is InChI=1S/C14H28N2O/c1-4-16(11(2)3)9-14(10-17,12-5-6-12)15-13-7-8-13/h11-13,15,17H,4-10H2,1-3H3. The molecule has 2 N–H and O–H groups in total. The zero-order chi connectivity index (χ0) is 12.5. The van der Waals surface area contributed by atoms with Crippen LogP contribution in [-0.4, -0.2) is 47.3 Å². The van der Waals surface area contributed by atoms with Crippen molar-refractivity contribution in [1.82, 2.24) is 10.2 Å². The third-order valence-corrected chi connectivity index (χ3v) is 4.33. The molecule has 0 aromatic carbocycles. The fourth-order valence-electron chi connectivity index (χ4n) is 2.81. The van der Waals surface area contributed by atoms with Gasteiger partial charge in [0.2, 0.25) is 0 Å². The van der Waals surface area contributed by atoms with Crippen molar-refractivity contribution in [2.75, 3.05) is 19.7 Å². The van der Waals surface area contributed by atoms with Crippen molar-refractivity contribution in [1.29, 1.82) is 0 Å². The molecule has 0 spiro atoms. The van der Waals surface area contributed by atoms with Crippen LogP contribution in [0.5, 0.6) is 0 Å². The van der Waals surface area contributed by atoms with Crippen LogP contribution >= 0.6 is 0 Å². The van der Waals surface area contributed by atoms with E-state index in [-0.39, 0.29) is 12.1 Å². The van der Waals surface area contributed by atoms with Crippen molar-refractivity contribution in [3.8, 4) is 0 Å². The van der Waals surface area contributed by atoms with E-state index in [1.54, 1.807) is 0 Å². The number of hydrogen-bond donors (Lipinski definition) is 2. The highest BCUT2D eigenvalue weighted by Gasteiger charge is 2.48. The lowest BCUT2D eigenvalue weighted by Gasteiger charge is -2.40. The summed E-state index contributed by atoms with van der Waals surface area (Å²) in [6.45, 7) is 9.06. The average Bonchev–Trinajstić information content (AvgIpc) is 3.15. The molecular formula is C14H28N2O. The molecule has 0 bridgehead atoms. The second-order valence-corrected chi connectivity index (χ2v) is 6.16. The molecule has 3 nitrogen and oxygen atoms in total. The lowest BCUT2D eigenvalue weighted by molar-refractivity contribution is 0.0779. The summed E-state index contributed by atoms with van der Waals surface area (Å²) < 4.78 is 0. The maximum absolute atomic E-state index is 9.90. The predicted molar refractivity (Wildman–Crippen MR) is 71.1 cm³/mol. The Labute approximate surface area is 106 Å². The van der Waals surface area contributed by atoms with E-state index in [9.17, 15) is 5.11 Å². The summed E-state index contributed by atoms with van der Waals surface area (Å²) in [5, 5.41) is 13.6. The minimum atomic E-state index is -0.0263. The molecule has 0 aromatic rings. The molecule has 1 atom stereocenters. The first-order chi connectivity index (χ1) is 8.11. The minimum absolute atomic E-state index is 0.0263. The van der Waals surface area contributed by atoms with Gasteiger partial charge in [0.05, 0.1) is 12.1 Å². The van der Waals surface area contributed by atoms with Crippen LogP contribution in [0, 0.1) is 5.92 Å².